The minimum Gasteiger partial charge on any atom is -0.480 e. The Morgan fingerprint density at radius 2 is 2.00 bits per heavy atom. The van der Waals surface area contributed by atoms with E-state index < -0.39 is 17.8 Å². The second-order valence-corrected chi connectivity index (χ2v) is 5.92. The van der Waals surface area contributed by atoms with Crippen LogP contribution < -0.4 is 0 Å². The first-order chi connectivity index (χ1) is 10.1. The number of rotatable bonds is 2. The van der Waals surface area contributed by atoms with E-state index in [1.807, 2.05) is 0 Å². The van der Waals surface area contributed by atoms with Crippen LogP contribution in [0.1, 0.15) is 42.5 Å². The Balaban J connectivity index is 1.92. The molecule has 1 aliphatic carbocycles. The van der Waals surface area contributed by atoms with Crippen molar-refractivity contribution in [2.75, 3.05) is 0 Å². The average molecular weight is 291 g/mol. The number of carbonyl (C=O) groups excluding carboxylic acids is 1. The van der Waals surface area contributed by atoms with Gasteiger partial charge >= 0.3 is 5.97 Å². The molecule has 1 aromatic rings. The zero-order valence-corrected chi connectivity index (χ0v) is 11.7. The van der Waals surface area contributed by atoms with E-state index in [4.69, 9.17) is 0 Å². The SMILES string of the molecule is O=C(O)C1CC2CCCCC2N1C(=O)c1cccc(F)c1. The van der Waals surface area contributed by atoms with Gasteiger partial charge in [0.1, 0.15) is 11.9 Å². The number of hydrogen-bond acceptors (Lipinski definition) is 2. The second kappa shape index (κ2) is 5.47. The van der Waals surface area contributed by atoms with E-state index in [2.05, 4.69) is 0 Å². The van der Waals surface area contributed by atoms with Crippen LogP contribution in [0.5, 0.6) is 0 Å². The Morgan fingerprint density at radius 3 is 2.71 bits per heavy atom. The summed E-state index contributed by atoms with van der Waals surface area (Å²) in [5, 5.41) is 9.41. The molecule has 21 heavy (non-hydrogen) atoms. The van der Waals surface area contributed by atoms with Gasteiger partial charge in [-0.3, -0.25) is 4.79 Å². The number of halogens is 1. The van der Waals surface area contributed by atoms with E-state index in [1.54, 1.807) is 6.07 Å². The fourth-order valence-corrected chi connectivity index (χ4v) is 3.74. The monoisotopic (exact) mass is 291 g/mol. The molecule has 1 heterocycles. The molecular weight excluding hydrogens is 273 g/mol. The summed E-state index contributed by atoms with van der Waals surface area (Å²) >= 11 is 0. The van der Waals surface area contributed by atoms with Gasteiger partial charge in [-0.15, -0.1) is 0 Å². The number of likely N-dealkylation sites (tertiary alicyclic amines) is 1. The molecule has 1 aromatic carbocycles. The van der Waals surface area contributed by atoms with Gasteiger partial charge in [0, 0.05) is 11.6 Å². The Bertz CT molecular complexity index is 574. The minimum atomic E-state index is -0.964. The van der Waals surface area contributed by atoms with Gasteiger partial charge in [-0.05, 0) is 43.4 Å². The summed E-state index contributed by atoms with van der Waals surface area (Å²) in [5.74, 6) is -1.55. The van der Waals surface area contributed by atoms with Crippen LogP contribution in [0.15, 0.2) is 24.3 Å². The summed E-state index contributed by atoms with van der Waals surface area (Å²) in [5.41, 5.74) is 0.229. The van der Waals surface area contributed by atoms with Crippen molar-refractivity contribution in [2.24, 2.45) is 5.92 Å². The first-order valence-electron chi connectivity index (χ1n) is 7.39. The first-order valence-corrected chi connectivity index (χ1v) is 7.39. The highest BCUT2D eigenvalue weighted by Crippen LogP contribution is 2.40. The third-order valence-corrected chi connectivity index (χ3v) is 4.68. The maximum Gasteiger partial charge on any atom is 0.326 e. The molecule has 0 radical (unpaired) electrons. The van der Waals surface area contributed by atoms with Crippen LogP contribution in [-0.2, 0) is 4.79 Å². The molecule has 2 aliphatic rings. The van der Waals surface area contributed by atoms with Gasteiger partial charge in [0.2, 0.25) is 0 Å². The third kappa shape index (κ3) is 2.52. The molecule has 1 aliphatic heterocycles. The van der Waals surface area contributed by atoms with E-state index in [0.29, 0.717) is 6.42 Å². The summed E-state index contributed by atoms with van der Waals surface area (Å²) in [6.07, 6.45) is 4.44. The predicted molar refractivity (Wildman–Crippen MR) is 74.4 cm³/mol. The number of fused-ring (bicyclic) bond motifs is 1. The summed E-state index contributed by atoms with van der Waals surface area (Å²) in [6, 6.07) is 4.67. The van der Waals surface area contributed by atoms with E-state index in [-0.39, 0.29) is 23.4 Å². The van der Waals surface area contributed by atoms with Crippen molar-refractivity contribution in [3.63, 3.8) is 0 Å². The minimum absolute atomic E-state index is 0.0179. The van der Waals surface area contributed by atoms with Crippen molar-refractivity contribution < 1.29 is 19.1 Å². The quantitative estimate of drug-likeness (QED) is 0.911. The molecule has 4 nitrogen and oxygen atoms in total. The fourth-order valence-electron chi connectivity index (χ4n) is 3.74. The lowest BCUT2D eigenvalue weighted by molar-refractivity contribution is -0.141. The van der Waals surface area contributed by atoms with Gasteiger partial charge in [-0.2, -0.15) is 0 Å². The lowest BCUT2D eigenvalue weighted by Crippen LogP contribution is -2.46. The highest BCUT2D eigenvalue weighted by atomic mass is 19.1. The summed E-state index contributed by atoms with van der Waals surface area (Å²) in [4.78, 5) is 25.6. The zero-order chi connectivity index (χ0) is 15.0. The number of carboxylic acid groups (broad SMARTS) is 1. The zero-order valence-electron chi connectivity index (χ0n) is 11.7. The molecule has 3 unspecified atom stereocenters. The van der Waals surface area contributed by atoms with E-state index in [0.717, 1.165) is 25.7 Å². The molecule has 3 rings (SSSR count). The molecule has 3 atom stereocenters. The van der Waals surface area contributed by atoms with Crippen LogP contribution in [0.4, 0.5) is 4.39 Å². The summed E-state index contributed by atoms with van der Waals surface area (Å²) < 4.78 is 13.3. The topological polar surface area (TPSA) is 57.6 Å². The second-order valence-electron chi connectivity index (χ2n) is 5.92. The maximum atomic E-state index is 13.3. The van der Waals surface area contributed by atoms with Crippen LogP contribution in [0.3, 0.4) is 0 Å². The number of amides is 1. The standard InChI is InChI=1S/C16H18FNO3/c17-12-6-3-5-11(8-12)15(19)18-13-7-2-1-4-10(13)9-14(18)16(20)21/h3,5-6,8,10,13-14H,1-2,4,7,9H2,(H,20,21). The highest BCUT2D eigenvalue weighted by molar-refractivity contribution is 5.97. The summed E-state index contributed by atoms with van der Waals surface area (Å²) in [6.45, 7) is 0. The molecular formula is C16H18FNO3. The Kier molecular flexibility index (Phi) is 3.66. The molecule has 0 aromatic heterocycles. The first kappa shape index (κ1) is 14.0. The van der Waals surface area contributed by atoms with Crippen molar-refractivity contribution in [1.29, 1.82) is 0 Å². The third-order valence-electron chi connectivity index (χ3n) is 4.68. The lowest BCUT2D eigenvalue weighted by atomic mass is 9.84. The van der Waals surface area contributed by atoms with Gasteiger partial charge < -0.3 is 10.0 Å². The largest absolute Gasteiger partial charge is 0.480 e. The van der Waals surface area contributed by atoms with Gasteiger partial charge in [-0.1, -0.05) is 18.9 Å². The Morgan fingerprint density at radius 1 is 1.24 bits per heavy atom. The van der Waals surface area contributed by atoms with E-state index >= 15 is 0 Å². The molecule has 1 amide bonds. The summed E-state index contributed by atoms with van der Waals surface area (Å²) in [7, 11) is 0. The van der Waals surface area contributed by atoms with Crippen molar-refractivity contribution in [1.82, 2.24) is 4.90 Å². The number of carbonyl (C=O) groups is 2. The van der Waals surface area contributed by atoms with Crippen LogP contribution in [0, 0.1) is 11.7 Å². The van der Waals surface area contributed by atoms with Crippen molar-refractivity contribution >= 4 is 11.9 Å². The van der Waals surface area contributed by atoms with Crippen molar-refractivity contribution in [3.05, 3.63) is 35.6 Å². The fraction of sp³-hybridized carbons (Fsp3) is 0.500. The van der Waals surface area contributed by atoms with Crippen LogP contribution in [-0.4, -0.2) is 34.0 Å². The molecule has 0 bridgehead atoms. The normalized spacial score (nSPS) is 28.2. The Labute approximate surface area is 122 Å². The van der Waals surface area contributed by atoms with E-state index in [1.165, 1.54) is 23.1 Å². The molecule has 1 saturated heterocycles. The Hall–Kier alpha value is -1.91. The van der Waals surface area contributed by atoms with Gasteiger partial charge in [-0.25, -0.2) is 9.18 Å². The highest BCUT2D eigenvalue weighted by Gasteiger charge is 2.47. The lowest BCUT2D eigenvalue weighted by Gasteiger charge is -2.33. The smallest absolute Gasteiger partial charge is 0.326 e. The molecule has 5 heteroatoms. The van der Waals surface area contributed by atoms with Gasteiger partial charge in [0.05, 0.1) is 0 Å². The van der Waals surface area contributed by atoms with Crippen LogP contribution in [0.25, 0.3) is 0 Å². The molecule has 112 valence electrons. The van der Waals surface area contributed by atoms with Crippen LogP contribution in [0.2, 0.25) is 0 Å². The number of hydrogen-bond donors (Lipinski definition) is 1. The maximum absolute atomic E-state index is 13.3. The van der Waals surface area contributed by atoms with Gasteiger partial charge in [0.15, 0.2) is 0 Å². The number of benzene rings is 1. The average Bonchev–Trinajstić information content (AvgIpc) is 2.86. The number of aliphatic carboxylic acids is 1. The van der Waals surface area contributed by atoms with Crippen molar-refractivity contribution in [3.8, 4) is 0 Å². The number of carboxylic acids is 1. The van der Waals surface area contributed by atoms with Crippen LogP contribution >= 0.6 is 0 Å². The molecule has 0 spiro atoms. The number of nitrogens with zero attached hydrogens (tertiary/aromatic N) is 1. The molecule has 1 N–H and O–H groups in total. The predicted octanol–water partition coefficient (Wildman–Crippen LogP) is 2.68. The van der Waals surface area contributed by atoms with Gasteiger partial charge in [0.25, 0.3) is 5.91 Å². The van der Waals surface area contributed by atoms with Crippen molar-refractivity contribution in [2.45, 2.75) is 44.2 Å². The molecule has 2 fully saturated rings. The van der Waals surface area contributed by atoms with E-state index in [9.17, 15) is 19.1 Å². The molecule has 1 saturated carbocycles.